The Hall–Kier alpha value is -2.07. The van der Waals surface area contributed by atoms with E-state index in [1.165, 1.54) is 12.1 Å². The standard InChI is InChI=1S/C14H10ClFO3/c15-10-3-1-9(2-4-10)8-19-11-5-6-12(14(17)18)13(16)7-11/h1-7H,8H2,(H,17,18). The van der Waals surface area contributed by atoms with Gasteiger partial charge in [-0.1, -0.05) is 23.7 Å². The van der Waals surface area contributed by atoms with Crippen LogP contribution in [-0.4, -0.2) is 11.1 Å². The van der Waals surface area contributed by atoms with Crippen molar-refractivity contribution in [3.63, 3.8) is 0 Å². The van der Waals surface area contributed by atoms with Crippen LogP contribution in [0.3, 0.4) is 0 Å². The first kappa shape index (κ1) is 13.4. The van der Waals surface area contributed by atoms with Crippen LogP contribution < -0.4 is 4.74 Å². The zero-order valence-electron chi connectivity index (χ0n) is 9.77. The quantitative estimate of drug-likeness (QED) is 0.927. The zero-order chi connectivity index (χ0) is 13.8. The molecule has 0 atom stereocenters. The monoisotopic (exact) mass is 280 g/mol. The molecule has 0 spiro atoms. The van der Waals surface area contributed by atoms with Crippen molar-refractivity contribution in [3.8, 4) is 5.75 Å². The highest BCUT2D eigenvalue weighted by molar-refractivity contribution is 6.30. The molecule has 1 N–H and O–H groups in total. The SMILES string of the molecule is O=C(O)c1ccc(OCc2ccc(Cl)cc2)cc1F. The number of ether oxygens (including phenoxy) is 1. The minimum absolute atomic E-state index is 0.253. The van der Waals surface area contributed by atoms with Crippen molar-refractivity contribution in [2.75, 3.05) is 0 Å². The fraction of sp³-hybridized carbons (Fsp3) is 0.0714. The Kier molecular flexibility index (Phi) is 4.02. The highest BCUT2D eigenvalue weighted by Gasteiger charge is 2.10. The van der Waals surface area contributed by atoms with Gasteiger partial charge < -0.3 is 9.84 Å². The summed E-state index contributed by atoms with van der Waals surface area (Å²) in [5.41, 5.74) is 0.506. The molecule has 0 amide bonds. The summed E-state index contributed by atoms with van der Waals surface area (Å²) in [7, 11) is 0. The van der Waals surface area contributed by atoms with Gasteiger partial charge in [-0.05, 0) is 29.8 Å². The van der Waals surface area contributed by atoms with E-state index in [1.807, 2.05) is 0 Å². The summed E-state index contributed by atoms with van der Waals surface area (Å²) < 4.78 is 18.8. The summed E-state index contributed by atoms with van der Waals surface area (Å²) >= 11 is 5.75. The molecule has 0 aliphatic rings. The Morgan fingerprint density at radius 1 is 1.21 bits per heavy atom. The third-order valence-corrected chi connectivity index (χ3v) is 2.74. The molecule has 2 aromatic carbocycles. The van der Waals surface area contributed by atoms with Crippen molar-refractivity contribution < 1.29 is 19.0 Å². The van der Waals surface area contributed by atoms with E-state index in [9.17, 15) is 9.18 Å². The molecule has 0 heterocycles. The second-order valence-electron chi connectivity index (χ2n) is 3.86. The van der Waals surface area contributed by atoms with Gasteiger partial charge in [0.25, 0.3) is 0 Å². The predicted molar refractivity (Wildman–Crippen MR) is 69.1 cm³/mol. The van der Waals surface area contributed by atoms with E-state index in [0.717, 1.165) is 11.6 Å². The molecule has 0 aromatic heterocycles. The van der Waals surface area contributed by atoms with Crippen LogP contribution in [-0.2, 0) is 6.61 Å². The molecule has 98 valence electrons. The molecule has 3 nitrogen and oxygen atoms in total. The average Bonchev–Trinajstić information content (AvgIpc) is 2.37. The maximum atomic E-state index is 13.4. The Bertz CT molecular complexity index is 596. The van der Waals surface area contributed by atoms with Crippen LogP contribution in [0.4, 0.5) is 4.39 Å². The Morgan fingerprint density at radius 3 is 2.47 bits per heavy atom. The zero-order valence-corrected chi connectivity index (χ0v) is 10.5. The molecule has 5 heteroatoms. The highest BCUT2D eigenvalue weighted by Crippen LogP contribution is 2.18. The Labute approximate surface area is 114 Å². The lowest BCUT2D eigenvalue weighted by molar-refractivity contribution is 0.0692. The molecular formula is C14H10ClFO3. The van der Waals surface area contributed by atoms with Crippen molar-refractivity contribution in [1.29, 1.82) is 0 Å². The lowest BCUT2D eigenvalue weighted by atomic mass is 10.2. The van der Waals surface area contributed by atoms with Crippen molar-refractivity contribution in [2.45, 2.75) is 6.61 Å². The van der Waals surface area contributed by atoms with Crippen LogP contribution in [0.5, 0.6) is 5.75 Å². The molecular weight excluding hydrogens is 271 g/mol. The molecule has 0 radical (unpaired) electrons. The van der Waals surface area contributed by atoms with Gasteiger partial charge in [0.05, 0.1) is 5.56 Å². The number of benzene rings is 2. The highest BCUT2D eigenvalue weighted by atomic mass is 35.5. The number of halogens is 2. The molecule has 0 saturated heterocycles. The van der Waals surface area contributed by atoms with Crippen LogP contribution in [0.2, 0.25) is 5.02 Å². The van der Waals surface area contributed by atoms with Crippen LogP contribution in [0.15, 0.2) is 42.5 Å². The van der Waals surface area contributed by atoms with Gasteiger partial charge in [0.2, 0.25) is 0 Å². The van der Waals surface area contributed by atoms with Crippen molar-refractivity contribution in [3.05, 3.63) is 64.4 Å². The number of aromatic carboxylic acids is 1. The number of carboxylic acid groups (broad SMARTS) is 1. The van der Waals surface area contributed by atoms with E-state index in [4.69, 9.17) is 21.4 Å². The second-order valence-corrected chi connectivity index (χ2v) is 4.30. The molecule has 2 aromatic rings. The molecule has 0 bridgehead atoms. The van der Waals surface area contributed by atoms with Gasteiger partial charge in [-0.15, -0.1) is 0 Å². The van der Waals surface area contributed by atoms with Crippen LogP contribution >= 0.6 is 11.6 Å². The van der Waals surface area contributed by atoms with Gasteiger partial charge >= 0.3 is 5.97 Å². The van der Waals surface area contributed by atoms with E-state index in [1.54, 1.807) is 24.3 Å². The van der Waals surface area contributed by atoms with Gasteiger partial charge in [-0.3, -0.25) is 0 Å². The van der Waals surface area contributed by atoms with Gasteiger partial charge in [0, 0.05) is 11.1 Å². The van der Waals surface area contributed by atoms with E-state index >= 15 is 0 Å². The molecule has 0 aliphatic carbocycles. The summed E-state index contributed by atoms with van der Waals surface area (Å²) in [5.74, 6) is -1.85. The van der Waals surface area contributed by atoms with Gasteiger partial charge in [0.15, 0.2) is 0 Å². The lowest BCUT2D eigenvalue weighted by Crippen LogP contribution is -2.01. The first-order valence-electron chi connectivity index (χ1n) is 5.46. The minimum atomic E-state index is -1.30. The van der Waals surface area contributed by atoms with Gasteiger partial charge in [0.1, 0.15) is 18.2 Å². The molecule has 0 aliphatic heterocycles. The second kappa shape index (κ2) is 5.71. The summed E-state index contributed by atoms with van der Waals surface area (Å²) in [6.45, 7) is 0.253. The van der Waals surface area contributed by atoms with Gasteiger partial charge in [-0.25, -0.2) is 9.18 Å². The lowest BCUT2D eigenvalue weighted by Gasteiger charge is -2.07. The summed E-state index contributed by atoms with van der Waals surface area (Å²) in [4.78, 5) is 10.7. The van der Waals surface area contributed by atoms with Crippen LogP contribution in [0, 0.1) is 5.82 Å². The van der Waals surface area contributed by atoms with E-state index in [0.29, 0.717) is 5.02 Å². The normalized spacial score (nSPS) is 10.2. The van der Waals surface area contributed by atoms with E-state index in [2.05, 4.69) is 0 Å². The Balaban J connectivity index is 2.06. The number of carboxylic acids is 1. The maximum absolute atomic E-state index is 13.4. The smallest absolute Gasteiger partial charge is 0.338 e. The number of hydrogen-bond donors (Lipinski definition) is 1. The third kappa shape index (κ3) is 3.45. The molecule has 0 saturated carbocycles. The van der Waals surface area contributed by atoms with Crippen molar-refractivity contribution >= 4 is 17.6 Å². The molecule has 2 rings (SSSR count). The predicted octanol–water partition coefficient (Wildman–Crippen LogP) is 3.76. The van der Waals surface area contributed by atoms with Gasteiger partial charge in [-0.2, -0.15) is 0 Å². The summed E-state index contributed by atoms with van der Waals surface area (Å²) in [6.07, 6.45) is 0. The van der Waals surface area contributed by atoms with Crippen LogP contribution in [0.25, 0.3) is 0 Å². The third-order valence-electron chi connectivity index (χ3n) is 2.49. The van der Waals surface area contributed by atoms with Crippen LogP contribution in [0.1, 0.15) is 15.9 Å². The van der Waals surface area contributed by atoms with E-state index in [-0.39, 0.29) is 17.9 Å². The number of rotatable bonds is 4. The average molecular weight is 281 g/mol. The number of carbonyl (C=O) groups is 1. The fourth-order valence-corrected chi connectivity index (χ4v) is 1.63. The van der Waals surface area contributed by atoms with Crippen molar-refractivity contribution in [1.82, 2.24) is 0 Å². The first-order chi connectivity index (χ1) is 9.06. The maximum Gasteiger partial charge on any atom is 0.338 e. The topological polar surface area (TPSA) is 46.5 Å². The summed E-state index contributed by atoms with van der Waals surface area (Å²) in [5, 5.41) is 9.32. The Morgan fingerprint density at radius 2 is 1.89 bits per heavy atom. The van der Waals surface area contributed by atoms with Crippen molar-refractivity contribution in [2.24, 2.45) is 0 Å². The molecule has 0 fully saturated rings. The fourth-order valence-electron chi connectivity index (χ4n) is 1.51. The summed E-state index contributed by atoms with van der Waals surface area (Å²) in [6, 6.07) is 10.7. The van der Waals surface area contributed by atoms with E-state index < -0.39 is 11.8 Å². The largest absolute Gasteiger partial charge is 0.489 e. The molecule has 19 heavy (non-hydrogen) atoms. The molecule has 0 unspecified atom stereocenters. The minimum Gasteiger partial charge on any atom is -0.489 e. The number of hydrogen-bond acceptors (Lipinski definition) is 2. The first-order valence-corrected chi connectivity index (χ1v) is 5.84.